The first kappa shape index (κ1) is 16.6. The van der Waals surface area contributed by atoms with E-state index >= 15 is 0 Å². The number of hydrogen-bond acceptors (Lipinski definition) is 5. The van der Waals surface area contributed by atoms with Gasteiger partial charge in [0.1, 0.15) is 11.5 Å². The summed E-state index contributed by atoms with van der Waals surface area (Å²) in [6.45, 7) is 0. The maximum absolute atomic E-state index is 13.1. The van der Waals surface area contributed by atoms with Gasteiger partial charge in [-0.05, 0) is 44.4 Å². The summed E-state index contributed by atoms with van der Waals surface area (Å²) >= 11 is 3.05. The summed E-state index contributed by atoms with van der Waals surface area (Å²) in [5.74, 6) is -0.641. The lowest BCUT2D eigenvalue weighted by Crippen LogP contribution is -2.14. The summed E-state index contributed by atoms with van der Waals surface area (Å²) in [5.41, 5.74) is 6.28. The Morgan fingerprint density at radius 2 is 1.74 bits per heavy atom. The molecule has 0 aliphatic heterocycles. The summed E-state index contributed by atoms with van der Waals surface area (Å²) < 4.78 is 17.9. The number of aromatic nitrogens is 2. The lowest BCUT2D eigenvalue weighted by molar-refractivity contribution is 0.304. The van der Waals surface area contributed by atoms with Crippen molar-refractivity contribution in [1.29, 1.82) is 0 Å². The number of nitrogens with zero attached hydrogens (tertiary/aromatic N) is 3. The Balaban J connectivity index is 0.000000268. The van der Waals surface area contributed by atoms with E-state index in [0.717, 1.165) is 0 Å². The average molecular weight is 379 g/mol. The van der Waals surface area contributed by atoms with Crippen molar-refractivity contribution >= 4 is 21.8 Å². The second kappa shape index (κ2) is 8.04. The van der Waals surface area contributed by atoms with Gasteiger partial charge in [0.25, 0.3) is 0 Å². The van der Waals surface area contributed by atoms with Gasteiger partial charge in [-0.25, -0.2) is 9.02 Å². The molecular weight excluding hydrogens is 367 g/mol. The van der Waals surface area contributed by atoms with E-state index in [0.29, 0.717) is 5.56 Å². The van der Waals surface area contributed by atoms with E-state index < -0.39 is 5.82 Å². The Morgan fingerprint density at radius 1 is 1.13 bits per heavy atom. The van der Waals surface area contributed by atoms with Crippen molar-refractivity contribution in [2.45, 2.75) is 0 Å². The number of rotatable bonds is 2. The molecule has 0 radical (unpaired) electrons. The normalized spacial score (nSPS) is 10.8. The quantitative estimate of drug-likeness (QED) is 0.308. The van der Waals surface area contributed by atoms with Gasteiger partial charge in [0, 0.05) is 5.56 Å². The Labute approximate surface area is 139 Å². The summed E-state index contributed by atoms with van der Waals surface area (Å²) in [6, 6.07) is 16.2. The third-order valence-electron chi connectivity index (χ3n) is 2.70. The van der Waals surface area contributed by atoms with E-state index in [9.17, 15) is 4.39 Å². The van der Waals surface area contributed by atoms with Crippen molar-refractivity contribution in [3.05, 3.63) is 70.6 Å². The molecule has 0 saturated carbocycles. The molecule has 3 N–H and O–H groups in total. The van der Waals surface area contributed by atoms with Crippen LogP contribution in [0.25, 0.3) is 11.3 Å². The maximum atomic E-state index is 13.1. The topological polar surface area (TPSA) is 97.5 Å². The number of oxime groups is 1. The minimum absolute atomic E-state index is 0.0889. The Bertz CT molecular complexity index is 766. The molecule has 6 nitrogen and oxygen atoms in total. The fourth-order valence-electron chi connectivity index (χ4n) is 1.62. The fraction of sp³-hybridized carbons (Fsp3) is 0. The molecule has 0 fully saturated rings. The van der Waals surface area contributed by atoms with Crippen LogP contribution >= 0.6 is 15.9 Å². The van der Waals surface area contributed by atoms with Crippen LogP contribution in [0.2, 0.25) is 0 Å². The summed E-state index contributed by atoms with van der Waals surface area (Å²) in [7, 11) is 0. The zero-order chi connectivity index (χ0) is 16.7. The maximum Gasteiger partial charge on any atom is 0.194 e. The first-order valence-corrected chi connectivity index (χ1v) is 7.18. The van der Waals surface area contributed by atoms with E-state index in [2.05, 4.69) is 36.0 Å². The van der Waals surface area contributed by atoms with Gasteiger partial charge < -0.3 is 10.9 Å². The molecule has 0 unspecified atom stereocenters. The van der Waals surface area contributed by atoms with Gasteiger partial charge in [0.2, 0.25) is 0 Å². The van der Waals surface area contributed by atoms with Crippen LogP contribution < -0.4 is 5.73 Å². The first-order valence-electron chi connectivity index (χ1n) is 6.39. The van der Waals surface area contributed by atoms with Gasteiger partial charge >= 0.3 is 0 Å². The van der Waals surface area contributed by atoms with Crippen molar-refractivity contribution in [2.75, 3.05) is 0 Å². The molecule has 0 aliphatic rings. The molecule has 3 aromatic rings. The molecule has 0 atom stereocenters. The highest BCUT2D eigenvalue weighted by atomic mass is 79.9. The lowest BCUT2D eigenvalue weighted by Gasteiger charge is -2.00. The van der Waals surface area contributed by atoms with Gasteiger partial charge in [-0.2, -0.15) is 0 Å². The zero-order valence-electron chi connectivity index (χ0n) is 11.7. The highest BCUT2D eigenvalue weighted by Gasteiger charge is 2.17. The van der Waals surface area contributed by atoms with Gasteiger partial charge in [-0.1, -0.05) is 41.6 Å². The van der Waals surface area contributed by atoms with Crippen molar-refractivity contribution in [3.63, 3.8) is 0 Å². The number of nitrogens with two attached hydrogens (primary N) is 1. The minimum atomic E-state index is -0.407. The number of benzene rings is 2. The van der Waals surface area contributed by atoms with Crippen LogP contribution in [-0.2, 0) is 0 Å². The highest BCUT2D eigenvalue weighted by molar-refractivity contribution is 9.10. The second-order valence-electron chi connectivity index (χ2n) is 4.23. The van der Waals surface area contributed by atoms with Crippen molar-refractivity contribution in [2.24, 2.45) is 10.9 Å². The predicted molar refractivity (Wildman–Crippen MR) is 86.3 cm³/mol. The zero-order valence-corrected chi connectivity index (χ0v) is 13.3. The third kappa shape index (κ3) is 4.36. The minimum Gasteiger partial charge on any atom is -0.409 e. The van der Waals surface area contributed by atoms with Crippen LogP contribution in [-0.4, -0.2) is 21.4 Å². The molecule has 3 rings (SSSR count). The predicted octanol–water partition coefficient (Wildman–Crippen LogP) is 3.42. The highest BCUT2D eigenvalue weighted by Crippen LogP contribution is 2.25. The molecule has 0 aliphatic carbocycles. The molecule has 23 heavy (non-hydrogen) atoms. The van der Waals surface area contributed by atoms with Crippen LogP contribution in [0.1, 0.15) is 5.69 Å². The Kier molecular flexibility index (Phi) is 5.81. The standard InChI is InChI=1S/C9H6BrFN4O2.C6H6/c10-5-3-4(1-2-6(5)11)7-8(9(12)13-16)15-17-14-7;1-2-4-6-5-3-1/h1-3,16H,(H2,12,13);1-6H. The third-order valence-corrected chi connectivity index (χ3v) is 3.31. The number of amidine groups is 1. The van der Waals surface area contributed by atoms with Gasteiger partial charge in [0.05, 0.1) is 4.47 Å². The molecule has 1 aromatic heterocycles. The average Bonchev–Trinajstić information content (AvgIpc) is 3.08. The number of hydrogen-bond donors (Lipinski definition) is 2. The molecule has 8 heteroatoms. The van der Waals surface area contributed by atoms with Crippen LogP contribution in [0.5, 0.6) is 0 Å². The number of halogens is 2. The van der Waals surface area contributed by atoms with Crippen molar-refractivity contribution in [1.82, 2.24) is 10.3 Å². The van der Waals surface area contributed by atoms with E-state index in [1.54, 1.807) is 0 Å². The summed E-state index contributed by atoms with van der Waals surface area (Å²) in [5, 5.41) is 18.5. The van der Waals surface area contributed by atoms with E-state index in [-0.39, 0.29) is 21.7 Å². The van der Waals surface area contributed by atoms with Crippen LogP contribution in [0.3, 0.4) is 0 Å². The Morgan fingerprint density at radius 3 is 2.26 bits per heavy atom. The van der Waals surface area contributed by atoms with Crippen LogP contribution in [0, 0.1) is 5.82 Å². The van der Waals surface area contributed by atoms with E-state index in [1.807, 2.05) is 36.4 Å². The summed E-state index contributed by atoms with van der Waals surface area (Å²) in [4.78, 5) is 0. The fourth-order valence-corrected chi connectivity index (χ4v) is 2.00. The van der Waals surface area contributed by atoms with Gasteiger partial charge in [-0.3, -0.25) is 0 Å². The van der Waals surface area contributed by atoms with Crippen LogP contribution in [0.15, 0.2) is 68.9 Å². The molecule has 0 saturated heterocycles. The molecule has 0 amide bonds. The smallest absolute Gasteiger partial charge is 0.194 e. The van der Waals surface area contributed by atoms with Gasteiger partial charge in [0.15, 0.2) is 11.5 Å². The first-order chi connectivity index (χ1) is 11.1. The Hall–Kier alpha value is -2.74. The molecule has 0 spiro atoms. The molecule has 1 heterocycles. The lowest BCUT2D eigenvalue weighted by atomic mass is 10.1. The largest absolute Gasteiger partial charge is 0.409 e. The van der Waals surface area contributed by atoms with Crippen LogP contribution in [0.4, 0.5) is 4.39 Å². The SMILES string of the molecule is NC(=NO)c1nonc1-c1ccc(F)c(Br)c1.c1ccccc1. The van der Waals surface area contributed by atoms with Crippen molar-refractivity contribution in [3.8, 4) is 11.3 Å². The van der Waals surface area contributed by atoms with Gasteiger partial charge in [-0.15, -0.1) is 0 Å². The second-order valence-corrected chi connectivity index (χ2v) is 5.08. The van der Waals surface area contributed by atoms with Crippen molar-refractivity contribution < 1.29 is 14.2 Å². The molecule has 2 aromatic carbocycles. The van der Waals surface area contributed by atoms with E-state index in [4.69, 9.17) is 10.9 Å². The molecule has 118 valence electrons. The monoisotopic (exact) mass is 378 g/mol. The molecule has 0 bridgehead atoms. The summed E-state index contributed by atoms with van der Waals surface area (Å²) in [6.07, 6.45) is 0. The van der Waals surface area contributed by atoms with E-state index in [1.165, 1.54) is 18.2 Å². The molecular formula is C15H12BrFN4O2.